The normalized spacial score (nSPS) is 10.1. The molecular formula is C12H11ClN2O. The second kappa shape index (κ2) is 4.94. The fourth-order valence-corrected chi connectivity index (χ4v) is 1.54. The van der Waals surface area contributed by atoms with E-state index < -0.39 is 0 Å². The molecule has 0 spiro atoms. The molecule has 1 heterocycles. The predicted octanol–water partition coefficient (Wildman–Crippen LogP) is 3.20. The highest BCUT2D eigenvalue weighted by atomic mass is 35.5. The van der Waals surface area contributed by atoms with Gasteiger partial charge in [0.1, 0.15) is 10.9 Å². The number of halogens is 1. The Hall–Kier alpha value is -1.61. The van der Waals surface area contributed by atoms with Crippen molar-refractivity contribution in [1.29, 1.82) is 0 Å². The highest BCUT2D eigenvalue weighted by Gasteiger charge is 2.02. The van der Waals surface area contributed by atoms with Crippen LogP contribution in [0.15, 0.2) is 36.7 Å². The van der Waals surface area contributed by atoms with Crippen molar-refractivity contribution in [3.63, 3.8) is 0 Å². The molecule has 0 fully saturated rings. The Balaban J connectivity index is 2.36. The molecule has 0 aliphatic heterocycles. The maximum atomic E-state index is 5.79. The molecule has 0 radical (unpaired) electrons. The van der Waals surface area contributed by atoms with E-state index in [1.54, 1.807) is 6.20 Å². The Morgan fingerprint density at radius 1 is 1.31 bits per heavy atom. The Bertz CT molecular complexity index is 488. The van der Waals surface area contributed by atoms with Gasteiger partial charge in [0, 0.05) is 5.56 Å². The summed E-state index contributed by atoms with van der Waals surface area (Å²) in [6.45, 7) is 2.59. The zero-order valence-corrected chi connectivity index (χ0v) is 9.61. The van der Waals surface area contributed by atoms with Gasteiger partial charge in [0.2, 0.25) is 0 Å². The number of nitrogens with zero attached hydrogens (tertiary/aromatic N) is 2. The fourth-order valence-electron chi connectivity index (χ4n) is 1.39. The van der Waals surface area contributed by atoms with Gasteiger partial charge in [-0.3, -0.25) is 4.98 Å². The molecule has 82 valence electrons. The van der Waals surface area contributed by atoms with Crippen molar-refractivity contribution in [3.05, 3.63) is 41.8 Å². The van der Waals surface area contributed by atoms with Crippen LogP contribution in [0.3, 0.4) is 0 Å². The Labute approximate surface area is 99.1 Å². The van der Waals surface area contributed by atoms with Crippen LogP contribution in [0, 0.1) is 0 Å². The first-order valence-electron chi connectivity index (χ1n) is 5.00. The van der Waals surface area contributed by atoms with Crippen molar-refractivity contribution < 1.29 is 4.74 Å². The Kier molecular flexibility index (Phi) is 3.37. The molecule has 1 aromatic heterocycles. The second-order valence-corrected chi connectivity index (χ2v) is 3.58. The standard InChI is InChI=1S/C12H11ClN2O/c1-2-16-10-5-3-4-9(6-10)11-7-14-8-12(13)15-11/h3-8H,2H2,1H3. The molecule has 2 rings (SSSR count). The molecule has 0 atom stereocenters. The van der Waals surface area contributed by atoms with E-state index in [9.17, 15) is 0 Å². The highest BCUT2D eigenvalue weighted by molar-refractivity contribution is 6.29. The van der Waals surface area contributed by atoms with E-state index in [4.69, 9.17) is 16.3 Å². The predicted molar refractivity (Wildman–Crippen MR) is 63.6 cm³/mol. The number of hydrogen-bond donors (Lipinski definition) is 0. The van der Waals surface area contributed by atoms with E-state index in [0.29, 0.717) is 11.8 Å². The minimum atomic E-state index is 0.388. The van der Waals surface area contributed by atoms with Gasteiger partial charge < -0.3 is 4.74 Å². The molecule has 0 saturated heterocycles. The molecule has 1 aromatic carbocycles. The Morgan fingerprint density at radius 3 is 2.94 bits per heavy atom. The van der Waals surface area contributed by atoms with Crippen LogP contribution in [0.2, 0.25) is 5.15 Å². The minimum absolute atomic E-state index is 0.388. The molecule has 2 aromatic rings. The van der Waals surface area contributed by atoms with Crippen molar-refractivity contribution >= 4 is 11.6 Å². The third-order valence-corrected chi connectivity index (χ3v) is 2.23. The van der Waals surface area contributed by atoms with Crippen LogP contribution in [-0.4, -0.2) is 16.6 Å². The number of hydrogen-bond acceptors (Lipinski definition) is 3. The lowest BCUT2D eigenvalue weighted by Crippen LogP contribution is -1.92. The van der Waals surface area contributed by atoms with Gasteiger partial charge in [-0.25, -0.2) is 4.98 Å². The lowest BCUT2D eigenvalue weighted by molar-refractivity contribution is 0.340. The van der Waals surface area contributed by atoms with E-state index in [1.807, 2.05) is 31.2 Å². The van der Waals surface area contributed by atoms with Gasteiger partial charge in [-0.05, 0) is 19.1 Å². The van der Waals surface area contributed by atoms with Crippen LogP contribution in [-0.2, 0) is 0 Å². The van der Waals surface area contributed by atoms with Gasteiger partial charge in [0.25, 0.3) is 0 Å². The monoisotopic (exact) mass is 234 g/mol. The van der Waals surface area contributed by atoms with Crippen LogP contribution in [0.1, 0.15) is 6.92 Å². The average Bonchev–Trinajstić information content (AvgIpc) is 2.30. The summed E-state index contributed by atoms with van der Waals surface area (Å²) in [4.78, 5) is 8.19. The molecule has 3 nitrogen and oxygen atoms in total. The molecule has 16 heavy (non-hydrogen) atoms. The van der Waals surface area contributed by atoms with Gasteiger partial charge >= 0.3 is 0 Å². The van der Waals surface area contributed by atoms with E-state index in [2.05, 4.69) is 9.97 Å². The molecule has 0 amide bonds. The summed E-state index contributed by atoms with van der Waals surface area (Å²) < 4.78 is 5.42. The maximum Gasteiger partial charge on any atom is 0.148 e. The number of aromatic nitrogens is 2. The van der Waals surface area contributed by atoms with Crippen molar-refractivity contribution in [2.75, 3.05) is 6.61 Å². The molecule has 0 bridgehead atoms. The van der Waals surface area contributed by atoms with Gasteiger partial charge in [0.05, 0.1) is 24.7 Å². The minimum Gasteiger partial charge on any atom is -0.494 e. The van der Waals surface area contributed by atoms with Crippen LogP contribution in [0.25, 0.3) is 11.3 Å². The van der Waals surface area contributed by atoms with E-state index in [0.717, 1.165) is 17.0 Å². The number of benzene rings is 1. The average molecular weight is 235 g/mol. The first-order chi connectivity index (χ1) is 7.79. The van der Waals surface area contributed by atoms with Crippen LogP contribution >= 0.6 is 11.6 Å². The number of ether oxygens (including phenoxy) is 1. The number of rotatable bonds is 3. The zero-order chi connectivity index (χ0) is 11.4. The molecule has 0 aliphatic rings. The van der Waals surface area contributed by atoms with Crippen molar-refractivity contribution in [1.82, 2.24) is 9.97 Å². The summed E-state index contributed by atoms with van der Waals surface area (Å²) >= 11 is 5.79. The van der Waals surface area contributed by atoms with E-state index >= 15 is 0 Å². The van der Waals surface area contributed by atoms with Gasteiger partial charge in [-0.2, -0.15) is 0 Å². The largest absolute Gasteiger partial charge is 0.494 e. The topological polar surface area (TPSA) is 35.0 Å². The second-order valence-electron chi connectivity index (χ2n) is 3.19. The van der Waals surface area contributed by atoms with E-state index in [-0.39, 0.29) is 0 Å². The van der Waals surface area contributed by atoms with Crippen molar-refractivity contribution in [2.24, 2.45) is 0 Å². The first-order valence-corrected chi connectivity index (χ1v) is 5.38. The van der Waals surface area contributed by atoms with Crippen molar-refractivity contribution in [2.45, 2.75) is 6.92 Å². The summed E-state index contributed by atoms with van der Waals surface area (Å²) in [5.41, 5.74) is 1.69. The van der Waals surface area contributed by atoms with Gasteiger partial charge in [0.15, 0.2) is 0 Å². The highest BCUT2D eigenvalue weighted by Crippen LogP contribution is 2.22. The Morgan fingerprint density at radius 2 is 2.19 bits per heavy atom. The third-order valence-electron chi connectivity index (χ3n) is 2.05. The summed E-state index contributed by atoms with van der Waals surface area (Å²) in [5.74, 6) is 0.821. The smallest absolute Gasteiger partial charge is 0.148 e. The van der Waals surface area contributed by atoms with Gasteiger partial charge in [-0.1, -0.05) is 23.7 Å². The summed E-state index contributed by atoms with van der Waals surface area (Å²) in [6, 6.07) is 7.70. The SMILES string of the molecule is CCOc1cccc(-c2cncc(Cl)n2)c1. The molecule has 0 N–H and O–H groups in total. The quantitative estimate of drug-likeness (QED) is 0.818. The fraction of sp³-hybridized carbons (Fsp3) is 0.167. The molecular weight excluding hydrogens is 224 g/mol. The summed E-state index contributed by atoms with van der Waals surface area (Å²) in [6.07, 6.45) is 3.19. The zero-order valence-electron chi connectivity index (χ0n) is 8.85. The first kappa shape index (κ1) is 10.9. The van der Waals surface area contributed by atoms with Crippen LogP contribution < -0.4 is 4.74 Å². The molecule has 0 unspecified atom stereocenters. The van der Waals surface area contributed by atoms with Crippen LogP contribution in [0.4, 0.5) is 0 Å². The molecule has 4 heteroatoms. The lowest BCUT2D eigenvalue weighted by Gasteiger charge is -2.05. The molecule has 0 saturated carbocycles. The molecule has 0 aliphatic carbocycles. The van der Waals surface area contributed by atoms with Crippen LogP contribution in [0.5, 0.6) is 5.75 Å². The summed E-state index contributed by atoms with van der Waals surface area (Å²) in [5, 5.41) is 0.388. The third kappa shape index (κ3) is 2.49. The maximum absolute atomic E-state index is 5.79. The van der Waals surface area contributed by atoms with E-state index in [1.165, 1.54) is 6.20 Å². The summed E-state index contributed by atoms with van der Waals surface area (Å²) in [7, 11) is 0. The van der Waals surface area contributed by atoms with Crippen molar-refractivity contribution in [3.8, 4) is 17.0 Å². The lowest BCUT2D eigenvalue weighted by atomic mass is 10.1. The van der Waals surface area contributed by atoms with Gasteiger partial charge in [-0.15, -0.1) is 0 Å².